The van der Waals surface area contributed by atoms with Crippen LogP contribution in [0.2, 0.25) is 0 Å². The summed E-state index contributed by atoms with van der Waals surface area (Å²) in [5.74, 6) is 0. The summed E-state index contributed by atoms with van der Waals surface area (Å²) < 4.78 is 5.49. The summed E-state index contributed by atoms with van der Waals surface area (Å²) in [6.45, 7) is 5.54. The van der Waals surface area contributed by atoms with Crippen LogP contribution in [0.4, 0.5) is 10.5 Å². The molecule has 0 spiro atoms. The quantitative estimate of drug-likeness (QED) is 0.821. The molecular weight excluding hydrogens is 252 g/mol. The Kier molecular flexibility index (Phi) is 3.99. The van der Waals surface area contributed by atoms with E-state index in [1.165, 1.54) is 0 Å². The molecule has 0 heterocycles. The van der Waals surface area contributed by atoms with Crippen molar-refractivity contribution in [1.82, 2.24) is 0 Å². The van der Waals surface area contributed by atoms with Crippen molar-refractivity contribution in [3.05, 3.63) is 29.8 Å². The molecule has 0 unspecified atom stereocenters. The number of nitrogens with zero attached hydrogens (tertiary/aromatic N) is 2. The lowest BCUT2D eigenvalue weighted by Crippen LogP contribution is -2.47. The minimum atomic E-state index is -0.541. The van der Waals surface area contributed by atoms with Crippen molar-refractivity contribution in [3.8, 4) is 6.07 Å². The summed E-state index contributed by atoms with van der Waals surface area (Å²) in [5, 5.41) is 9.23. The highest BCUT2D eigenvalue weighted by Gasteiger charge is 2.34. The number of rotatable bonds is 2. The van der Waals surface area contributed by atoms with Crippen LogP contribution in [0.1, 0.15) is 45.6 Å². The molecule has 4 heteroatoms. The van der Waals surface area contributed by atoms with E-state index < -0.39 is 5.60 Å². The molecular formula is C16H20N2O2. The van der Waals surface area contributed by atoms with E-state index in [1.54, 1.807) is 23.1 Å². The minimum Gasteiger partial charge on any atom is -0.443 e. The molecule has 20 heavy (non-hydrogen) atoms. The van der Waals surface area contributed by atoms with E-state index in [2.05, 4.69) is 6.07 Å². The summed E-state index contributed by atoms with van der Waals surface area (Å²) in [6.07, 6.45) is 2.65. The Balaban J connectivity index is 2.33. The molecule has 1 aliphatic carbocycles. The highest BCUT2D eigenvalue weighted by atomic mass is 16.6. The van der Waals surface area contributed by atoms with E-state index in [9.17, 15) is 10.1 Å². The number of ether oxygens (including phenoxy) is 1. The summed E-state index contributed by atoms with van der Waals surface area (Å²) in [4.78, 5) is 14.1. The number of nitriles is 1. The molecule has 0 N–H and O–H groups in total. The molecule has 1 aromatic rings. The van der Waals surface area contributed by atoms with Gasteiger partial charge in [0.25, 0.3) is 0 Å². The van der Waals surface area contributed by atoms with E-state index in [1.807, 2.05) is 26.8 Å². The zero-order valence-corrected chi connectivity index (χ0v) is 12.2. The van der Waals surface area contributed by atoms with E-state index in [-0.39, 0.29) is 12.1 Å². The second-order valence-corrected chi connectivity index (χ2v) is 6.06. The van der Waals surface area contributed by atoms with Gasteiger partial charge in [-0.1, -0.05) is 12.1 Å². The van der Waals surface area contributed by atoms with Gasteiger partial charge < -0.3 is 4.74 Å². The molecule has 1 aromatic carbocycles. The van der Waals surface area contributed by atoms with E-state index >= 15 is 0 Å². The number of para-hydroxylation sites is 1. The predicted molar refractivity (Wildman–Crippen MR) is 77.5 cm³/mol. The van der Waals surface area contributed by atoms with Crippen LogP contribution in [0.3, 0.4) is 0 Å². The summed E-state index contributed by atoms with van der Waals surface area (Å²) in [7, 11) is 0. The normalized spacial score (nSPS) is 15.1. The molecule has 4 nitrogen and oxygen atoms in total. The molecule has 2 rings (SSSR count). The SMILES string of the molecule is CC(C)(C)OC(=O)N(c1ccccc1C#N)C1CCC1. The average molecular weight is 272 g/mol. The summed E-state index contributed by atoms with van der Waals surface area (Å²) in [5.41, 5.74) is 0.611. The van der Waals surface area contributed by atoms with Gasteiger partial charge >= 0.3 is 6.09 Å². The van der Waals surface area contributed by atoms with Gasteiger partial charge in [-0.3, -0.25) is 4.90 Å². The molecule has 1 aliphatic rings. The Morgan fingerprint density at radius 2 is 2.00 bits per heavy atom. The average Bonchev–Trinajstić information content (AvgIpc) is 2.31. The van der Waals surface area contributed by atoms with Gasteiger partial charge in [-0.15, -0.1) is 0 Å². The highest BCUT2D eigenvalue weighted by Crippen LogP contribution is 2.32. The molecule has 0 aliphatic heterocycles. The third kappa shape index (κ3) is 3.11. The van der Waals surface area contributed by atoms with Gasteiger partial charge in [0, 0.05) is 6.04 Å². The highest BCUT2D eigenvalue weighted by molar-refractivity contribution is 5.90. The molecule has 1 saturated carbocycles. The Bertz CT molecular complexity index is 536. The lowest BCUT2D eigenvalue weighted by Gasteiger charge is -2.38. The number of benzene rings is 1. The second kappa shape index (κ2) is 5.54. The molecule has 0 saturated heterocycles. The Hall–Kier alpha value is -2.02. The number of anilines is 1. The van der Waals surface area contributed by atoms with Gasteiger partial charge in [-0.25, -0.2) is 4.79 Å². The van der Waals surface area contributed by atoms with Crippen LogP contribution >= 0.6 is 0 Å². The van der Waals surface area contributed by atoms with Crippen molar-refractivity contribution < 1.29 is 9.53 Å². The topological polar surface area (TPSA) is 53.3 Å². The van der Waals surface area contributed by atoms with Gasteiger partial charge in [-0.05, 0) is 52.2 Å². The first-order chi connectivity index (χ1) is 9.42. The van der Waals surface area contributed by atoms with E-state index in [0.717, 1.165) is 19.3 Å². The smallest absolute Gasteiger partial charge is 0.415 e. The predicted octanol–water partition coefficient (Wildman–Crippen LogP) is 3.85. The molecule has 106 valence electrons. The third-order valence-electron chi connectivity index (χ3n) is 3.31. The molecule has 0 aromatic heterocycles. The van der Waals surface area contributed by atoms with Gasteiger partial charge in [0.2, 0.25) is 0 Å². The standard InChI is InChI=1S/C16H20N2O2/c1-16(2,3)20-15(19)18(13-8-6-9-13)14-10-5-4-7-12(14)11-17/h4-5,7,10,13H,6,8-9H2,1-3H3. The second-order valence-electron chi connectivity index (χ2n) is 6.06. The summed E-state index contributed by atoms with van der Waals surface area (Å²) >= 11 is 0. The number of carbonyl (C=O) groups excluding carboxylic acids is 1. The fraction of sp³-hybridized carbons (Fsp3) is 0.500. The molecule has 0 radical (unpaired) electrons. The number of hydrogen-bond donors (Lipinski definition) is 0. The lowest BCUT2D eigenvalue weighted by atomic mass is 9.91. The third-order valence-corrected chi connectivity index (χ3v) is 3.31. The maximum Gasteiger partial charge on any atom is 0.415 e. The molecule has 0 bridgehead atoms. The van der Waals surface area contributed by atoms with Crippen molar-refractivity contribution in [2.75, 3.05) is 4.90 Å². The van der Waals surface area contributed by atoms with Crippen molar-refractivity contribution in [2.24, 2.45) is 0 Å². The summed E-state index contributed by atoms with van der Waals surface area (Å²) in [6, 6.07) is 9.46. The maximum atomic E-state index is 12.5. The van der Waals surface area contributed by atoms with Gasteiger partial charge in [0.05, 0.1) is 11.3 Å². The van der Waals surface area contributed by atoms with Gasteiger partial charge in [0.15, 0.2) is 0 Å². The minimum absolute atomic E-state index is 0.138. The Labute approximate surface area is 120 Å². The number of amides is 1. The van der Waals surface area contributed by atoms with Crippen molar-refractivity contribution in [2.45, 2.75) is 51.7 Å². The Morgan fingerprint density at radius 3 is 2.50 bits per heavy atom. The van der Waals surface area contributed by atoms with Crippen LogP contribution in [0.15, 0.2) is 24.3 Å². The van der Waals surface area contributed by atoms with Crippen LogP contribution in [-0.4, -0.2) is 17.7 Å². The number of carbonyl (C=O) groups is 1. The lowest BCUT2D eigenvalue weighted by molar-refractivity contribution is 0.0549. The van der Waals surface area contributed by atoms with Crippen LogP contribution < -0.4 is 4.90 Å². The monoisotopic (exact) mass is 272 g/mol. The largest absolute Gasteiger partial charge is 0.443 e. The van der Waals surface area contributed by atoms with Crippen LogP contribution in [0.5, 0.6) is 0 Å². The first kappa shape index (κ1) is 14.4. The van der Waals surface area contributed by atoms with Crippen molar-refractivity contribution in [1.29, 1.82) is 5.26 Å². The van der Waals surface area contributed by atoms with Crippen molar-refractivity contribution >= 4 is 11.8 Å². The molecule has 1 amide bonds. The van der Waals surface area contributed by atoms with Crippen LogP contribution in [0.25, 0.3) is 0 Å². The molecule has 1 fully saturated rings. The van der Waals surface area contributed by atoms with Crippen LogP contribution in [0, 0.1) is 11.3 Å². The zero-order valence-electron chi connectivity index (χ0n) is 12.2. The van der Waals surface area contributed by atoms with Crippen molar-refractivity contribution in [3.63, 3.8) is 0 Å². The first-order valence-corrected chi connectivity index (χ1v) is 6.94. The Morgan fingerprint density at radius 1 is 1.35 bits per heavy atom. The fourth-order valence-electron chi connectivity index (χ4n) is 2.18. The fourth-order valence-corrected chi connectivity index (χ4v) is 2.18. The molecule has 0 atom stereocenters. The van der Waals surface area contributed by atoms with Gasteiger partial charge in [-0.2, -0.15) is 5.26 Å². The maximum absolute atomic E-state index is 12.5. The van der Waals surface area contributed by atoms with Crippen LogP contribution in [-0.2, 0) is 4.74 Å². The number of hydrogen-bond acceptors (Lipinski definition) is 3. The zero-order chi connectivity index (χ0) is 14.8. The van der Waals surface area contributed by atoms with Gasteiger partial charge in [0.1, 0.15) is 11.7 Å². The van der Waals surface area contributed by atoms with E-state index in [0.29, 0.717) is 11.3 Å². The van der Waals surface area contributed by atoms with E-state index in [4.69, 9.17) is 4.74 Å². The first-order valence-electron chi connectivity index (χ1n) is 6.94.